The highest BCUT2D eigenvalue weighted by molar-refractivity contribution is 7.87. The van der Waals surface area contributed by atoms with Gasteiger partial charge in [0.2, 0.25) is 0 Å². The zero-order chi connectivity index (χ0) is 9.12. The summed E-state index contributed by atoms with van der Waals surface area (Å²) >= 11 is 0. The molecule has 0 amide bonds. The van der Waals surface area contributed by atoms with Crippen LogP contribution >= 0.6 is 0 Å². The largest absolute Gasteiger partial charge is 0.367 e. The van der Waals surface area contributed by atoms with E-state index in [2.05, 4.69) is 4.18 Å². The molecule has 0 saturated heterocycles. The highest BCUT2D eigenvalue weighted by Crippen LogP contribution is 2.21. The van der Waals surface area contributed by atoms with Crippen LogP contribution in [0.25, 0.3) is 0 Å². The van der Waals surface area contributed by atoms with Crippen LogP contribution in [0.2, 0.25) is 0 Å². The molecular weight excluding hydrogens is 180 g/mol. The summed E-state index contributed by atoms with van der Waals surface area (Å²) < 4.78 is 48.2. The number of hydrogen-bond donors (Lipinski definition) is 0. The van der Waals surface area contributed by atoms with Gasteiger partial charge in [-0.25, -0.2) is 0 Å². The maximum Gasteiger partial charge on any atom is 0.367 e. The van der Waals surface area contributed by atoms with E-state index in [-0.39, 0.29) is 6.92 Å². The summed E-state index contributed by atoms with van der Waals surface area (Å²) in [6.45, 7) is -0.717. The first-order chi connectivity index (χ1) is 4.81. The minimum absolute atomic E-state index is 0.180. The van der Waals surface area contributed by atoms with Gasteiger partial charge in [0.05, 0.1) is 6.07 Å². The van der Waals surface area contributed by atoms with Gasteiger partial charge in [0.15, 0.2) is 6.61 Å². The van der Waals surface area contributed by atoms with Gasteiger partial charge in [-0.15, -0.1) is 0 Å². The second-order valence-electron chi connectivity index (χ2n) is 1.68. The van der Waals surface area contributed by atoms with Gasteiger partial charge >= 0.3 is 15.4 Å². The van der Waals surface area contributed by atoms with E-state index >= 15 is 0 Å². The molecule has 0 aromatic carbocycles. The van der Waals surface area contributed by atoms with Crippen LogP contribution in [0.5, 0.6) is 0 Å². The molecule has 0 bridgehead atoms. The Morgan fingerprint density at radius 3 is 2.36 bits per heavy atom. The molecule has 0 spiro atoms. The van der Waals surface area contributed by atoms with Crippen molar-refractivity contribution in [1.29, 1.82) is 5.26 Å². The van der Waals surface area contributed by atoms with Crippen molar-refractivity contribution in [2.75, 3.05) is 6.61 Å². The fourth-order valence-electron chi connectivity index (χ4n) is 0.207. The van der Waals surface area contributed by atoms with Crippen molar-refractivity contribution in [2.45, 2.75) is 12.2 Å². The number of nitrogens with zero attached hydrogens (tertiary/aromatic N) is 1. The monoisotopic (exact) mass is 185 g/mol. The summed E-state index contributed by atoms with van der Waals surface area (Å²) in [6.07, 6.45) is 0. The second-order valence-corrected chi connectivity index (χ2v) is 3.54. The van der Waals surface area contributed by atoms with Crippen molar-refractivity contribution in [3.05, 3.63) is 0 Å². The average molecular weight is 185 g/mol. The summed E-state index contributed by atoms with van der Waals surface area (Å²) in [5.41, 5.74) is 0. The van der Waals surface area contributed by atoms with Crippen LogP contribution in [-0.4, -0.2) is 20.3 Å². The topological polar surface area (TPSA) is 67.2 Å². The van der Waals surface area contributed by atoms with E-state index in [0.717, 1.165) is 0 Å². The molecule has 0 radical (unpaired) electrons. The Balaban J connectivity index is 4.41. The van der Waals surface area contributed by atoms with Crippen LogP contribution in [0.4, 0.5) is 8.78 Å². The lowest BCUT2D eigenvalue weighted by atomic mass is 10.9. The van der Waals surface area contributed by atoms with Gasteiger partial charge in [0.25, 0.3) is 0 Å². The van der Waals surface area contributed by atoms with Gasteiger partial charge in [-0.05, 0) is 0 Å². The number of rotatable bonds is 3. The van der Waals surface area contributed by atoms with Crippen LogP contribution in [0, 0.1) is 11.3 Å². The maximum atomic E-state index is 12.0. The molecule has 0 N–H and O–H groups in total. The maximum absolute atomic E-state index is 12.0. The molecule has 4 nitrogen and oxygen atoms in total. The summed E-state index contributed by atoms with van der Waals surface area (Å²) in [5, 5.41) is 3.86. The van der Waals surface area contributed by atoms with Crippen LogP contribution in [0.15, 0.2) is 0 Å². The van der Waals surface area contributed by atoms with Gasteiger partial charge < -0.3 is 0 Å². The van der Waals surface area contributed by atoms with Crippen molar-refractivity contribution >= 4 is 10.1 Å². The quantitative estimate of drug-likeness (QED) is 0.599. The van der Waals surface area contributed by atoms with Crippen molar-refractivity contribution in [3.8, 4) is 6.07 Å². The van der Waals surface area contributed by atoms with E-state index in [1.54, 1.807) is 0 Å². The smallest absolute Gasteiger partial charge is 0.250 e. The van der Waals surface area contributed by atoms with Crippen LogP contribution in [0.3, 0.4) is 0 Å². The molecule has 11 heavy (non-hydrogen) atoms. The molecule has 0 rings (SSSR count). The first-order valence-electron chi connectivity index (χ1n) is 2.45. The standard InChI is InChI=1S/C4H5F2NO3S/c1-4(5,6)11(8,9)10-3-2-7/h3H2,1H3. The zero-order valence-corrected chi connectivity index (χ0v) is 6.36. The predicted octanol–water partition coefficient (Wildman–Crippen LogP) is 0.469. The van der Waals surface area contributed by atoms with Crippen LogP contribution in [0.1, 0.15) is 6.92 Å². The Kier molecular flexibility index (Phi) is 2.90. The summed E-state index contributed by atoms with van der Waals surface area (Å²) in [5.74, 6) is 0. The SMILES string of the molecule is CC(F)(F)S(=O)(=O)OCC#N. The first-order valence-corrected chi connectivity index (χ1v) is 3.86. The lowest BCUT2D eigenvalue weighted by Gasteiger charge is -2.08. The number of nitriles is 1. The zero-order valence-electron chi connectivity index (χ0n) is 5.54. The molecule has 64 valence electrons. The average Bonchev–Trinajstić information content (AvgIpc) is 1.81. The van der Waals surface area contributed by atoms with E-state index < -0.39 is 22.0 Å². The molecule has 0 fully saturated rings. The Morgan fingerprint density at radius 2 is 2.09 bits per heavy atom. The minimum atomic E-state index is -4.92. The molecule has 0 aromatic rings. The molecule has 0 heterocycles. The number of hydrogen-bond acceptors (Lipinski definition) is 4. The third-order valence-electron chi connectivity index (χ3n) is 0.718. The van der Waals surface area contributed by atoms with Gasteiger partial charge in [-0.1, -0.05) is 0 Å². The lowest BCUT2D eigenvalue weighted by molar-refractivity contribution is 0.0957. The summed E-state index contributed by atoms with van der Waals surface area (Å²) in [7, 11) is -4.92. The van der Waals surface area contributed by atoms with Gasteiger partial charge in [0, 0.05) is 6.92 Å². The Hall–Kier alpha value is -0.740. The number of alkyl halides is 2. The molecule has 0 aliphatic rings. The molecule has 0 aliphatic carbocycles. The highest BCUT2D eigenvalue weighted by Gasteiger charge is 2.40. The Morgan fingerprint density at radius 1 is 1.64 bits per heavy atom. The van der Waals surface area contributed by atoms with Crippen molar-refractivity contribution in [1.82, 2.24) is 0 Å². The normalized spacial score (nSPS) is 12.5. The van der Waals surface area contributed by atoms with E-state index in [4.69, 9.17) is 5.26 Å². The second kappa shape index (κ2) is 3.11. The predicted molar refractivity (Wildman–Crippen MR) is 31.1 cm³/mol. The molecule has 0 aromatic heterocycles. The third-order valence-corrected chi connectivity index (χ3v) is 2.02. The summed E-state index contributed by atoms with van der Waals surface area (Å²) in [4.78, 5) is 0. The van der Waals surface area contributed by atoms with Crippen molar-refractivity contribution in [3.63, 3.8) is 0 Å². The van der Waals surface area contributed by atoms with E-state index in [9.17, 15) is 17.2 Å². The molecule has 0 unspecified atom stereocenters. The molecule has 0 atom stereocenters. The van der Waals surface area contributed by atoms with E-state index in [0.29, 0.717) is 0 Å². The minimum Gasteiger partial charge on any atom is -0.250 e. The highest BCUT2D eigenvalue weighted by atomic mass is 32.2. The van der Waals surface area contributed by atoms with Crippen LogP contribution < -0.4 is 0 Å². The van der Waals surface area contributed by atoms with Gasteiger partial charge in [-0.3, -0.25) is 4.18 Å². The van der Waals surface area contributed by atoms with Gasteiger partial charge in [-0.2, -0.15) is 22.5 Å². The molecule has 7 heteroatoms. The first kappa shape index (κ1) is 10.3. The fraction of sp³-hybridized carbons (Fsp3) is 0.750. The third kappa shape index (κ3) is 2.78. The lowest BCUT2D eigenvalue weighted by Crippen LogP contribution is -2.26. The Bertz CT molecular complexity index is 260. The van der Waals surface area contributed by atoms with Gasteiger partial charge in [0.1, 0.15) is 0 Å². The van der Waals surface area contributed by atoms with Crippen molar-refractivity contribution < 1.29 is 21.4 Å². The molecular formula is C4H5F2NO3S. The Labute approximate surface area is 62.5 Å². The fourth-order valence-corrected chi connectivity index (χ4v) is 0.622. The van der Waals surface area contributed by atoms with E-state index in [1.165, 1.54) is 6.07 Å². The summed E-state index contributed by atoms with van der Waals surface area (Å²) in [6, 6.07) is 1.26. The molecule has 0 aliphatic heterocycles. The molecule has 0 saturated carbocycles. The number of halogens is 2. The van der Waals surface area contributed by atoms with Crippen molar-refractivity contribution in [2.24, 2.45) is 0 Å². The van der Waals surface area contributed by atoms with Crippen LogP contribution in [-0.2, 0) is 14.3 Å². The van der Waals surface area contributed by atoms with E-state index in [1.807, 2.05) is 0 Å².